The maximum Gasteiger partial charge on any atom is 0.317 e. The van der Waals surface area contributed by atoms with Gasteiger partial charge in [0.05, 0.1) is 17.8 Å². The monoisotopic (exact) mass is 211 g/mol. The first kappa shape index (κ1) is 10.9. The fourth-order valence-electron chi connectivity index (χ4n) is 0.915. The molecule has 1 aromatic rings. The molecule has 0 aliphatic rings. The number of aromatic nitrogens is 2. The van der Waals surface area contributed by atoms with Gasteiger partial charge in [0.1, 0.15) is 6.20 Å². The van der Waals surface area contributed by atoms with Crippen LogP contribution in [-0.4, -0.2) is 27.1 Å². The lowest BCUT2D eigenvalue weighted by atomic mass is 10.3. The lowest BCUT2D eigenvalue weighted by Crippen LogP contribution is -1.99. The van der Waals surface area contributed by atoms with Gasteiger partial charge in [-0.25, -0.2) is 0 Å². The normalized spacial score (nSPS) is 11.2. The summed E-state index contributed by atoms with van der Waals surface area (Å²) in [5.74, 6) is -0.0844. The lowest BCUT2D eigenvalue weighted by Gasteiger charge is -2.00. The van der Waals surface area contributed by atoms with Crippen molar-refractivity contribution in [3.05, 3.63) is 27.8 Å². The van der Waals surface area contributed by atoms with Crippen molar-refractivity contribution in [1.82, 2.24) is 9.97 Å². The van der Waals surface area contributed by atoms with Crippen LogP contribution >= 0.6 is 0 Å². The van der Waals surface area contributed by atoms with Gasteiger partial charge in [0, 0.05) is 6.08 Å². The number of hydrogen-bond acceptors (Lipinski definition) is 6. The second kappa shape index (κ2) is 4.36. The van der Waals surface area contributed by atoms with E-state index in [0.29, 0.717) is 0 Å². The van der Waals surface area contributed by atoms with E-state index >= 15 is 0 Å². The molecule has 0 atom stereocenters. The summed E-state index contributed by atoms with van der Waals surface area (Å²) < 4.78 is 4.72. The van der Waals surface area contributed by atoms with E-state index in [1.165, 1.54) is 20.1 Å². The summed E-state index contributed by atoms with van der Waals surface area (Å²) in [5, 5.41) is 19.6. The molecule has 0 saturated carbocycles. The molecule has 0 amide bonds. The summed E-state index contributed by atoms with van der Waals surface area (Å²) >= 11 is 0. The number of methoxy groups -OCH3 is 1. The average Bonchev–Trinajstić information content (AvgIpc) is 2.16. The molecular formula is C8H9N3O4. The first-order valence-corrected chi connectivity index (χ1v) is 3.97. The van der Waals surface area contributed by atoms with Crippen molar-refractivity contribution in [3.8, 4) is 6.01 Å². The first-order chi connectivity index (χ1) is 7.04. The van der Waals surface area contributed by atoms with Crippen molar-refractivity contribution in [2.45, 2.75) is 6.92 Å². The van der Waals surface area contributed by atoms with Gasteiger partial charge in [-0.15, -0.1) is 0 Å². The standard InChI is InChI=1S/C8H9N3O4/c1-5(12)3-6-7(11(13)14)4-9-8(10-6)15-2/h3-4,12H,1-2H3/b5-3+. The van der Waals surface area contributed by atoms with E-state index in [-0.39, 0.29) is 23.2 Å². The zero-order valence-electron chi connectivity index (χ0n) is 8.17. The van der Waals surface area contributed by atoms with Crippen LogP contribution in [0, 0.1) is 10.1 Å². The number of nitrogens with zero attached hydrogens (tertiary/aromatic N) is 3. The summed E-state index contributed by atoms with van der Waals surface area (Å²) in [6.07, 6.45) is 2.20. The van der Waals surface area contributed by atoms with Crippen LogP contribution in [0.2, 0.25) is 0 Å². The molecular weight excluding hydrogens is 202 g/mol. The molecule has 1 heterocycles. The van der Waals surface area contributed by atoms with Crippen LogP contribution in [-0.2, 0) is 0 Å². The van der Waals surface area contributed by atoms with E-state index in [9.17, 15) is 10.1 Å². The number of aliphatic hydroxyl groups is 1. The van der Waals surface area contributed by atoms with Crippen LogP contribution in [0.1, 0.15) is 12.6 Å². The minimum Gasteiger partial charge on any atom is -0.513 e. The number of rotatable bonds is 3. The van der Waals surface area contributed by atoms with Gasteiger partial charge in [-0.05, 0) is 6.92 Å². The summed E-state index contributed by atoms with van der Waals surface area (Å²) in [7, 11) is 1.35. The second-order valence-electron chi connectivity index (χ2n) is 2.67. The molecule has 0 aliphatic heterocycles. The zero-order chi connectivity index (χ0) is 11.4. The van der Waals surface area contributed by atoms with Gasteiger partial charge in [-0.1, -0.05) is 0 Å². The molecule has 0 aromatic carbocycles. The molecule has 1 N–H and O–H groups in total. The molecule has 80 valence electrons. The summed E-state index contributed by atoms with van der Waals surface area (Å²) in [6, 6.07) is 0.00750. The average molecular weight is 211 g/mol. The minimum absolute atomic E-state index is 0.00634. The van der Waals surface area contributed by atoms with Crippen LogP contribution < -0.4 is 4.74 Å². The van der Waals surface area contributed by atoms with Crippen molar-refractivity contribution >= 4 is 11.8 Å². The second-order valence-corrected chi connectivity index (χ2v) is 2.67. The maximum absolute atomic E-state index is 10.6. The molecule has 0 saturated heterocycles. The highest BCUT2D eigenvalue weighted by Gasteiger charge is 2.15. The highest BCUT2D eigenvalue weighted by atomic mass is 16.6. The Morgan fingerprint density at radius 2 is 2.40 bits per heavy atom. The van der Waals surface area contributed by atoms with Crippen LogP contribution in [0.15, 0.2) is 12.0 Å². The zero-order valence-corrected chi connectivity index (χ0v) is 8.17. The van der Waals surface area contributed by atoms with Crippen molar-refractivity contribution in [2.24, 2.45) is 0 Å². The van der Waals surface area contributed by atoms with Crippen LogP contribution in [0.5, 0.6) is 6.01 Å². The van der Waals surface area contributed by atoms with E-state index in [2.05, 4.69) is 9.97 Å². The Balaban J connectivity index is 3.29. The highest BCUT2D eigenvalue weighted by molar-refractivity contribution is 5.57. The van der Waals surface area contributed by atoms with E-state index in [1.807, 2.05) is 0 Å². The van der Waals surface area contributed by atoms with Gasteiger partial charge in [-0.3, -0.25) is 10.1 Å². The molecule has 0 bridgehead atoms. The maximum atomic E-state index is 10.6. The van der Waals surface area contributed by atoms with E-state index in [0.717, 1.165) is 6.20 Å². The number of nitro groups is 1. The van der Waals surface area contributed by atoms with Crippen molar-refractivity contribution in [2.75, 3.05) is 7.11 Å². The molecule has 0 unspecified atom stereocenters. The SMILES string of the molecule is COc1ncc([N+](=O)[O-])c(/C=C(\C)O)n1. The van der Waals surface area contributed by atoms with Gasteiger partial charge in [0.2, 0.25) is 0 Å². The summed E-state index contributed by atoms with van der Waals surface area (Å²) in [6.45, 7) is 1.39. The quantitative estimate of drug-likeness (QED) is 0.459. The Morgan fingerprint density at radius 1 is 1.73 bits per heavy atom. The van der Waals surface area contributed by atoms with E-state index < -0.39 is 4.92 Å². The van der Waals surface area contributed by atoms with Gasteiger partial charge < -0.3 is 9.84 Å². The third-order valence-corrected chi connectivity index (χ3v) is 1.50. The molecule has 1 aromatic heterocycles. The summed E-state index contributed by atoms with van der Waals surface area (Å²) in [4.78, 5) is 17.3. The smallest absolute Gasteiger partial charge is 0.317 e. The van der Waals surface area contributed by atoms with Crippen LogP contribution in [0.3, 0.4) is 0 Å². The molecule has 0 radical (unpaired) electrons. The number of ether oxygens (including phenoxy) is 1. The fourth-order valence-corrected chi connectivity index (χ4v) is 0.915. The fraction of sp³-hybridized carbons (Fsp3) is 0.250. The molecule has 0 aliphatic carbocycles. The third kappa shape index (κ3) is 2.63. The predicted octanol–water partition coefficient (Wildman–Crippen LogP) is 1.31. The van der Waals surface area contributed by atoms with Crippen molar-refractivity contribution in [3.63, 3.8) is 0 Å². The number of hydrogen-bond donors (Lipinski definition) is 1. The Bertz CT molecular complexity index is 412. The molecule has 1 rings (SSSR count). The molecule has 7 heteroatoms. The number of aliphatic hydroxyl groups excluding tert-OH is 1. The third-order valence-electron chi connectivity index (χ3n) is 1.50. The summed E-state index contributed by atoms with van der Waals surface area (Å²) in [5.41, 5.74) is -0.281. The number of allylic oxidation sites excluding steroid dienone is 1. The van der Waals surface area contributed by atoms with Crippen molar-refractivity contribution < 1.29 is 14.8 Å². The topological polar surface area (TPSA) is 98.4 Å². The molecule has 15 heavy (non-hydrogen) atoms. The molecule has 0 fully saturated rings. The molecule has 7 nitrogen and oxygen atoms in total. The van der Waals surface area contributed by atoms with Crippen LogP contribution in [0.4, 0.5) is 5.69 Å². The Labute approximate surface area is 85.2 Å². The lowest BCUT2D eigenvalue weighted by molar-refractivity contribution is -0.385. The van der Waals surface area contributed by atoms with E-state index in [1.54, 1.807) is 0 Å². The molecule has 0 spiro atoms. The van der Waals surface area contributed by atoms with Crippen molar-refractivity contribution in [1.29, 1.82) is 0 Å². The minimum atomic E-state index is -0.631. The van der Waals surface area contributed by atoms with Gasteiger partial charge in [0.25, 0.3) is 0 Å². The Morgan fingerprint density at radius 3 is 2.87 bits per heavy atom. The van der Waals surface area contributed by atoms with Gasteiger partial charge in [-0.2, -0.15) is 9.97 Å². The Hall–Kier alpha value is -2.18. The highest BCUT2D eigenvalue weighted by Crippen LogP contribution is 2.19. The van der Waals surface area contributed by atoms with E-state index in [4.69, 9.17) is 9.84 Å². The predicted molar refractivity (Wildman–Crippen MR) is 51.5 cm³/mol. The van der Waals surface area contributed by atoms with Gasteiger partial charge >= 0.3 is 11.7 Å². The Kier molecular flexibility index (Phi) is 3.17. The largest absolute Gasteiger partial charge is 0.513 e. The van der Waals surface area contributed by atoms with Gasteiger partial charge in [0.15, 0.2) is 5.69 Å². The first-order valence-electron chi connectivity index (χ1n) is 3.97. The van der Waals surface area contributed by atoms with Crippen LogP contribution in [0.25, 0.3) is 6.08 Å².